The minimum atomic E-state index is 0.114. The molecule has 1 aliphatic rings. The Hall–Kier alpha value is -2.10. The van der Waals surface area contributed by atoms with Crippen molar-refractivity contribution in [1.29, 1.82) is 0 Å². The number of rotatable bonds is 1. The summed E-state index contributed by atoms with van der Waals surface area (Å²) in [6.45, 7) is 0.703. The maximum atomic E-state index is 11.2. The molecule has 1 aliphatic heterocycles. The normalized spacial score (nSPS) is 19.5. The van der Waals surface area contributed by atoms with Crippen LogP contribution in [0, 0.1) is 0 Å². The molecule has 1 fully saturated rings. The summed E-state index contributed by atoms with van der Waals surface area (Å²) in [5.41, 5.74) is 7.87. The second-order valence-corrected chi connectivity index (χ2v) is 4.41. The van der Waals surface area contributed by atoms with E-state index in [1.54, 1.807) is 12.4 Å². The van der Waals surface area contributed by atoms with Gasteiger partial charge in [-0.2, -0.15) is 0 Å². The zero-order valence-corrected chi connectivity index (χ0v) is 9.31. The van der Waals surface area contributed by atoms with Crippen LogP contribution >= 0.6 is 0 Å². The number of fused-ring (bicyclic) bond motifs is 1. The first-order valence-electron chi connectivity index (χ1n) is 5.64. The van der Waals surface area contributed by atoms with Crippen LogP contribution in [0.1, 0.15) is 17.9 Å². The number of hydrogen-bond donors (Lipinski definition) is 2. The van der Waals surface area contributed by atoms with Crippen LogP contribution in [0.25, 0.3) is 10.8 Å². The van der Waals surface area contributed by atoms with E-state index in [2.05, 4.69) is 16.4 Å². The van der Waals surface area contributed by atoms with Crippen LogP contribution in [0.4, 0.5) is 5.69 Å². The molecule has 0 aliphatic carbocycles. The predicted molar refractivity (Wildman–Crippen MR) is 66.5 cm³/mol. The van der Waals surface area contributed by atoms with Gasteiger partial charge in [-0.3, -0.25) is 9.78 Å². The quantitative estimate of drug-likeness (QED) is 0.724. The highest BCUT2D eigenvalue weighted by molar-refractivity contribution is 5.93. The maximum Gasteiger partial charge on any atom is 0.220 e. The van der Waals surface area contributed by atoms with Gasteiger partial charge in [0.1, 0.15) is 0 Å². The fourth-order valence-electron chi connectivity index (χ4n) is 2.33. The van der Waals surface area contributed by atoms with Crippen LogP contribution in [0.15, 0.2) is 30.6 Å². The average Bonchev–Trinajstić information content (AvgIpc) is 2.76. The standard InChI is InChI=1S/C13H13N3O/c14-12-4-9(10-5-13(17)16-6-10)3-8-1-2-15-7-11(8)12/h1-4,7,10H,5-6,14H2,(H,16,17). The van der Waals surface area contributed by atoms with Crippen molar-refractivity contribution in [3.05, 3.63) is 36.2 Å². The number of nitrogens with one attached hydrogen (secondary N) is 1. The summed E-state index contributed by atoms with van der Waals surface area (Å²) < 4.78 is 0. The molecule has 1 saturated heterocycles. The second-order valence-electron chi connectivity index (χ2n) is 4.41. The molecule has 0 spiro atoms. The van der Waals surface area contributed by atoms with Gasteiger partial charge in [-0.05, 0) is 23.1 Å². The van der Waals surface area contributed by atoms with Crippen molar-refractivity contribution in [1.82, 2.24) is 10.3 Å². The fourth-order valence-corrected chi connectivity index (χ4v) is 2.33. The van der Waals surface area contributed by atoms with Crippen molar-refractivity contribution in [2.24, 2.45) is 0 Å². The number of carbonyl (C=O) groups is 1. The fraction of sp³-hybridized carbons (Fsp3) is 0.231. The molecule has 1 aromatic carbocycles. The highest BCUT2D eigenvalue weighted by Gasteiger charge is 2.23. The van der Waals surface area contributed by atoms with Gasteiger partial charge in [-0.15, -0.1) is 0 Å². The Kier molecular flexibility index (Phi) is 2.21. The van der Waals surface area contributed by atoms with Gasteiger partial charge >= 0.3 is 0 Å². The van der Waals surface area contributed by atoms with Crippen molar-refractivity contribution in [2.45, 2.75) is 12.3 Å². The van der Waals surface area contributed by atoms with Crippen LogP contribution in [0.5, 0.6) is 0 Å². The summed E-state index contributed by atoms with van der Waals surface area (Å²) in [5.74, 6) is 0.353. The monoisotopic (exact) mass is 227 g/mol. The zero-order valence-electron chi connectivity index (χ0n) is 9.31. The lowest BCUT2D eigenvalue weighted by molar-refractivity contribution is -0.119. The number of aromatic nitrogens is 1. The molecule has 0 saturated carbocycles. The number of amides is 1. The molecule has 2 heterocycles. The van der Waals surface area contributed by atoms with E-state index < -0.39 is 0 Å². The highest BCUT2D eigenvalue weighted by Crippen LogP contribution is 2.29. The van der Waals surface area contributed by atoms with Crippen molar-refractivity contribution in [2.75, 3.05) is 12.3 Å². The lowest BCUT2D eigenvalue weighted by Crippen LogP contribution is -2.13. The third-order valence-electron chi connectivity index (χ3n) is 3.26. The summed E-state index contributed by atoms with van der Waals surface area (Å²) in [6.07, 6.45) is 4.08. The minimum Gasteiger partial charge on any atom is -0.398 e. The average molecular weight is 227 g/mol. The van der Waals surface area contributed by atoms with E-state index in [4.69, 9.17) is 5.73 Å². The first kappa shape index (κ1) is 10.1. The molecule has 1 aromatic heterocycles. The highest BCUT2D eigenvalue weighted by atomic mass is 16.1. The summed E-state index contributed by atoms with van der Waals surface area (Å²) in [7, 11) is 0. The van der Waals surface area contributed by atoms with Crippen LogP contribution in [-0.2, 0) is 4.79 Å². The SMILES string of the molecule is Nc1cc(C2CNC(=O)C2)cc2ccncc12. The van der Waals surface area contributed by atoms with Crippen LogP contribution in [-0.4, -0.2) is 17.4 Å². The molecule has 0 radical (unpaired) electrons. The third-order valence-corrected chi connectivity index (χ3v) is 3.26. The lowest BCUT2D eigenvalue weighted by atomic mass is 9.95. The van der Waals surface area contributed by atoms with Gasteiger partial charge in [0.2, 0.25) is 5.91 Å². The van der Waals surface area contributed by atoms with E-state index in [9.17, 15) is 4.79 Å². The molecular weight excluding hydrogens is 214 g/mol. The topological polar surface area (TPSA) is 68.0 Å². The Morgan fingerprint density at radius 2 is 2.29 bits per heavy atom. The summed E-state index contributed by atoms with van der Waals surface area (Å²) in [6, 6.07) is 5.99. The number of pyridine rings is 1. The molecule has 1 atom stereocenters. The molecule has 86 valence electrons. The van der Waals surface area contributed by atoms with E-state index in [0.29, 0.717) is 13.0 Å². The van der Waals surface area contributed by atoms with Crippen molar-refractivity contribution >= 4 is 22.4 Å². The maximum absolute atomic E-state index is 11.2. The Bertz CT molecular complexity index is 594. The second kappa shape index (κ2) is 3.73. The Morgan fingerprint density at radius 1 is 1.41 bits per heavy atom. The Balaban J connectivity index is 2.09. The van der Waals surface area contributed by atoms with Crippen molar-refractivity contribution < 1.29 is 4.79 Å². The van der Waals surface area contributed by atoms with Gasteiger partial charge < -0.3 is 11.1 Å². The molecule has 1 unspecified atom stereocenters. The first-order chi connectivity index (χ1) is 8.24. The van der Waals surface area contributed by atoms with Crippen LogP contribution in [0.2, 0.25) is 0 Å². The first-order valence-corrected chi connectivity index (χ1v) is 5.64. The van der Waals surface area contributed by atoms with Crippen LogP contribution in [0.3, 0.4) is 0 Å². The van der Waals surface area contributed by atoms with E-state index >= 15 is 0 Å². The minimum absolute atomic E-state index is 0.114. The number of benzene rings is 1. The Morgan fingerprint density at radius 3 is 3.06 bits per heavy atom. The third kappa shape index (κ3) is 1.71. The van der Waals surface area contributed by atoms with E-state index in [-0.39, 0.29) is 11.8 Å². The summed E-state index contributed by atoms with van der Waals surface area (Å²) >= 11 is 0. The van der Waals surface area contributed by atoms with Gasteiger partial charge in [0, 0.05) is 42.4 Å². The largest absolute Gasteiger partial charge is 0.398 e. The van der Waals surface area contributed by atoms with Gasteiger partial charge in [0.05, 0.1) is 0 Å². The van der Waals surface area contributed by atoms with Crippen molar-refractivity contribution in [3.63, 3.8) is 0 Å². The van der Waals surface area contributed by atoms with Gasteiger partial charge in [-0.1, -0.05) is 6.07 Å². The lowest BCUT2D eigenvalue weighted by Gasteiger charge is -2.11. The van der Waals surface area contributed by atoms with Gasteiger partial charge in [0.15, 0.2) is 0 Å². The molecule has 3 N–H and O–H groups in total. The molecule has 4 nitrogen and oxygen atoms in total. The number of nitrogens with zero attached hydrogens (tertiary/aromatic N) is 1. The predicted octanol–water partition coefficient (Wildman–Crippen LogP) is 1.42. The molecule has 2 aromatic rings. The molecule has 1 amide bonds. The number of hydrogen-bond acceptors (Lipinski definition) is 3. The summed E-state index contributed by atoms with van der Waals surface area (Å²) in [4.78, 5) is 15.3. The van der Waals surface area contributed by atoms with Gasteiger partial charge in [-0.25, -0.2) is 0 Å². The molecule has 17 heavy (non-hydrogen) atoms. The van der Waals surface area contributed by atoms with Crippen molar-refractivity contribution in [3.8, 4) is 0 Å². The van der Waals surface area contributed by atoms with Crippen LogP contribution < -0.4 is 11.1 Å². The van der Waals surface area contributed by atoms with E-state index in [1.165, 1.54) is 0 Å². The zero-order chi connectivity index (χ0) is 11.8. The number of nitrogen functional groups attached to an aromatic ring is 1. The Labute approximate surface area is 98.8 Å². The number of carbonyl (C=O) groups excluding carboxylic acids is 1. The van der Waals surface area contributed by atoms with E-state index in [0.717, 1.165) is 22.0 Å². The molecule has 0 bridgehead atoms. The van der Waals surface area contributed by atoms with Gasteiger partial charge in [0.25, 0.3) is 0 Å². The summed E-state index contributed by atoms with van der Waals surface area (Å²) in [5, 5.41) is 4.89. The number of anilines is 1. The molecule has 3 rings (SSSR count). The molecular formula is C13H13N3O. The smallest absolute Gasteiger partial charge is 0.220 e. The van der Waals surface area contributed by atoms with E-state index in [1.807, 2.05) is 12.1 Å². The number of nitrogens with two attached hydrogens (primary N) is 1. The molecule has 4 heteroatoms.